The second-order valence-electron chi connectivity index (χ2n) is 2.53. The number of nitrogens with zero attached hydrogens (tertiary/aromatic N) is 3. The highest BCUT2D eigenvalue weighted by molar-refractivity contribution is 7.07. The van der Waals surface area contributed by atoms with Crippen LogP contribution in [0.1, 0.15) is 16.2 Å². The first-order valence-corrected chi connectivity index (χ1v) is 4.70. The van der Waals surface area contributed by atoms with E-state index in [2.05, 4.69) is 25.2 Å². The van der Waals surface area contributed by atoms with E-state index in [0.717, 1.165) is 0 Å². The van der Waals surface area contributed by atoms with Crippen LogP contribution in [0.25, 0.3) is 0 Å². The highest BCUT2D eigenvalue weighted by Crippen LogP contribution is 2.09. The average molecular weight is 210 g/mol. The van der Waals surface area contributed by atoms with E-state index in [1.807, 2.05) is 0 Å². The van der Waals surface area contributed by atoms with Gasteiger partial charge in [0.1, 0.15) is 11.4 Å². The van der Waals surface area contributed by atoms with Crippen molar-refractivity contribution in [2.45, 2.75) is 6.92 Å². The summed E-state index contributed by atoms with van der Waals surface area (Å²) in [5.41, 5.74) is 2.48. The Morgan fingerprint density at radius 1 is 1.57 bits per heavy atom. The molecule has 6 nitrogen and oxygen atoms in total. The lowest BCUT2D eigenvalue weighted by Gasteiger charge is -1.96. The Morgan fingerprint density at radius 2 is 2.43 bits per heavy atom. The van der Waals surface area contributed by atoms with Crippen molar-refractivity contribution in [1.82, 2.24) is 15.3 Å². The molecule has 0 saturated carbocycles. The minimum atomic E-state index is -0.315. The SMILES string of the molecule is Cc1nonc1NC(=O)c1cscn1. The summed E-state index contributed by atoms with van der Waals surface area (Å²) in [4.78, 5) is 15.3. The third-order valence-corrected chi connectivity index (χ3v) is 2.14. The van der Waals surface area contributed by atoms with Crippen LogP contribution < -0.4 is 5.32 Å². The van der Waals surface area contributed by atoms with Gasteiger partial charge >= 0.3 is 0 Å². The molecule has 0 aromatic carbocycles. The van der Waals surface area contributed by atoms with Crippen molar-refractivity contribution in [3.63, 3.8) is 0 Å². The zero-order chi connectivity index (χ0) is 9.97. The number of hydrogen-bond donors (Lipinski definition) is 1. The predicted molar refractivity (Wildman–Crippen MR) is 49.1 cm³/mol. The Kier molecular flexibility index (Phi) is 2.23. The number of aryl methyl sites for hydroxylation is 1. The lowest BCUT2D eigenvalue weighted by molar-refractivity contribution is 0.102. The van der Waals surface area contributed by atoms with Crippen LogP contribution in [0.3, 0.4) is 0 Å². The van der Waals surface area contributed by atoms with E-state index in [4.69, 9.17) is 0 Å². The molecule has 2 rings (SSSR count). The zero-order valence-corrected chi connectivity index (χ0v) is 8.04. The van der Waals surface area contributed by atoms with Gasteiger partial charge in [-0.15, -0.1) is 11.3 Å². The number of anilines is 1. The molecule has 2 aromatic rings. The van der Waals surface area contributed by atoms with E-state index >= 15 is 0 Å². The van der Waals surface area contributed by atoms with E-state index in [9.17, 15) is 4.79 Å². The molecule has 0 unspecified atom stereocenters. The van der Waals surface area contributed by atoms with Gasteiger partial charge in [0.15, 0.2) is 0 Å². The van der Waals surface area contributed by atoms with E-state index < -0.39 is 0 Å². The van der Waals surface area contributed by atoms with Crippen molar-refractivity contribution in [2.75, 3.05) is 5.32 Å². The fourth-order valence-corrected chi connectivity index (χ4v) is 1.37. The third-order valence-electron chi connectivity index (χ3n) is 1.55. The van der Waals surface area contributed by atoms with Crippen LogP contribution in [0.15, 0.2) is 15.5 Å². The Labute approximate surface area is 82.9 Å². The lowest BCUT2D eigenvalue weighted by Crippen LogP contribution is -2.13. The molecule has 7 heteroatoms. The van der Waals surface area contributed by atoms with Crippen molar-refractivity contribution in [3.05, 3.63) is 22.3 Å². The Balaban J connectivity index is 2.13. The van der Waals surface area contributed by atoms with Gasteiger partial charge in [-0.1, -0.05) is 5.16 Å². The Morgan fingerprint density at radius 3 is 3.00 bits per heavy atom. The molecule has 2 aromatic heterocycles. The van der Waals surface area contributed by atoms with Gasteiger partial charge in [-0.05, 0) is 12.1 Å². The molecule has 2 heterocycles. The molecule has 0 radical (unpaired) electrons. The monoisotopic (exact) mass is 210 g/mol. The van der Waals surface area contributed by atoms with Crippen molar-refractivity contribution >= 4 is 23.1 Å². The summed E-state index contributed by atoms with van der Waals surface area (Å²) < 4.78 is 4.43. The number of carbonyl (C=O) groups is 1. The van der Waals surface area contributed by atoms with E-state index in [1.54, 1.807) is 17.8 Å². The minimum Gasteiger partial charge on any atom is -0.301 e. The van der Waals surface area contributed by atoms with Crippen molar-refractivity contribution in [3.8, 4) is 0 Å². The van der Waals surface area contributed by atoms with Gasteiger partial charge in [-0.25, -0.2) is 9.61 Å². The number of amides is 1. The molecule has 0 atom stereocenters. The third kappa shape index (κ3) is 1.62. The van der Waals surface area contributed by atoms with Crippen LogP contribution >= 0.6 is 11.3 Å². The van der Waals surface area contributed by atoms with Gasteiger partial charge in [-0.3, -0.25) is 4.79 Å². The predicted octanol–water partition coefficient (Wildman–Crippen LogP) is 1.09. The molecule has 0 aliphatic rings. The molecule has 0 spiro atoms. The van der Waals surface area contributed by atoms with Crippen LogP contribution in [-0.2, 0) is 0 Å². The number of carbonyl (C=O) groups excluding carboxylic acids is 1. The minimum absolute atomic E-state index is 0.315. The van der Waals surface area contributed by atoms with Crippen LogP contribution in [0, 0.1) is 6.92 Å². The summed E-state index contributed by atoms with van der Waals surface area (Å²) >= 11 is 1.35. The van der Waals surface area contributed by atoms with Crippen molar-refractivity contribution in [2.24, 2.45) is 0 Å². The van der Waals surface area contributed by atoms with Gasteiger partial charge in [0.25, 0.3) is 5.91 Å². The quantitative estimate of drug-likeness (QED) is 0.802. The van der Waals surface area contributed by atoms with E-state index in [-0.39, 0.29) is 5.91 Å². The first kappa shape index (κ1) is 8.82. The van der Waals surface area contributed by atoms with Crippen molar-refractivity contribution < 1.29 is 9.42 Å². The van der Waals surface area contributed by atoms with Gasteiger partial charge in [0.2, 0.25) is 5.82 Å². The maximum atomic E-state index is 11.4. The van der Waals surface area contributed by atoms with E-state index in [0.29, 0.717) is 17.2 Å². The highest BCUT2D eigenvalue weighted by atomic mass is 32.1. The lowest BCUT2D eigenvalue weighted by atomic mass is 10.4. The zero-order valence-electron chi connectivity index (χ0n) is 7.22. The first-order valence-electron chi connectivity index (χ1n) is 3.76. The topological polar surface area (TPSA) is 80.9 Å². The molecule has 0 aliphatic carbocycles. The number of nitrogens with one attached hydrogen (secondary N) is 1. The number of aromatic nitrogens is 3. The number of thiazole rings is 1. The van der Waals surface area contributed by atoms with Gasteiger partial charge in [0, 0.05) is 5.38 Å². The summed E-state index contributed by atoms with van der Waals surface area (Å²) in [5.74, 6) is 0.00745. The maximum absolute atomic E-state index is 11.4. The van der Waals surface area contributed by atoms with Gasteiger partial charge in [0.05, 0.1) is 5.51 Å². The van der Waals surface area contributed by atoms with E-state index in [1.165, 1.54) is 11.3 Å². The molecular weight excluding hydrogens is 204 g/mol. The summed E-state index contributed by atoms with van der Waals surface area (Å²) in [6.07, 6.45) is 0. The van der Waals surface area contributed by atoms with Crippen molar-refractivity contribution in [1.29, 1.82) is 0 Å². The second kappa shape index (κ2) is 3.54. The fourth-order valence-electron chi connectivity index (χ4n) is 0.841. The Hall–Kier alpha value is -1.76. The Bertz CT molecular complexity index is 436. The smallest absolute Gasteiger partial charge is 0.276 e. The molecule has 14 heavy (non-hydrogen) atoms. The van der Waals surface area contributed by atoms with Crippen LogP contribution in [-0.4, -0.2) is 21.2 Å². The maximum Gasteiger partial charge on any atom is 0.276 e. The number of rotatable bonds is 2. The van der Waals surface area contributed by atoms with Crippen LogP contribution in [0.5, 0.6) is 0 Å². The summed E-state index contributed by atoms with van der Waals surface area (Å²) in [7, 11) is 0. The molecule has 0 saturated heterocycles. The average Bonchev–Trinajstić information content (AvgIpc) is 2.77. The summed E-state index contributed by atoms with van der Waals surface area (Å²) in [6.45, 7) is 1.69. The standard InChI is InChI=1S/C7H6N4O2S/c1-4-6(11-13-10-4)9-7(12)5-2-14-3-8-5/h2-3H,1H3,(H,9,11,12). The molecule has 0 aliphatic heterocycles. The van der Waals surface area contributed by atoms with Crippen LogP contribution in [0.4, 0.5) is 5.82 Å². The molecule has 1 N–H and O–H groups in total. The summed E-state index contributed by atoms with van der Waals surface area (Å²) in [5, 5.41) is 11.2. The van der Waals surface area contributed by atoms with Crippen LogP contribution in [0.2, 0.25) is 0 Å². The molecule has 72 valence electrons. The first-order chi connectivity index (χ1) is 6.77. The second-order valence-corrected chi connectivity index (χ2v) is 3.24. The summed E-state index contributed by atoms with van der Waals surface area (Å²) in [6, 6.07) is 0. The molecular formula is C7H6N4O2S. The number of hydrogen-bond acceptors (Lipinski definition) is 6. The van der Waals surface area contributed by atoms with Gasteiger partial charge < -0.3 is 5.32 Å². The highest BCUT2D eigenvalue weighted by Gasteiger charge is 2.12. The fraction of sp³-hybridized carbons (Fsp3) is 0.143. The normalized spacial score (nSPS) is 10.1. The van der Waals surface area contributed by atoms with Gasteiger partial charge in [-0.2, -0.15) is 0 Å². The molecule has 0 bridgehead atoms. The largest absolute Gasteiger partial charge is 0.301 e. The molecule has 1 amide bonds. The molecule has 0 fully saturated rings.